The van der Waals surface area contributed by atoms with E-state index in [-0.39, 0.29) is 24.1 Å². The first-order valence-electron chi connectivity index (χ1n) is 11.5. The molecular weight excluding hydrogens is 449 g/mol. The Morgan fingerprint density at radius 3 is 2.48 bits per heavy atom. The molecule has 1 aliphatic carbocycles. The molecule has 1 aromatic rings. The standard InChI is InChI=1S/C24H36FNO6S/c1-33(31,32)26-24(30)10-5-3-2-4-9-20-21(23(29)16-22(20)28)14-13-19(27)12-11-17-7-6-8-18(25)15-17/h6-8,11-12,15,19-23,27-29H,2-5,9-10,13-14,16H2,1H3,(H,26,30)/b12-11+/t19?,20-,21-,22+,23-/m1/s1. The average molecular weight is 486 g/mol. The molecule has 186 valence electrons. The van der Waals surface area contributed by atoms with E-state index in [2.05, 4.69) is 0 Å². The number of carbonyl (C=O) groups is 1. The van der Waals surface area contributed by atoms with Crippen LogP contribution < -0.4 is 4.72 Å². The van der Waals surface area contributed by atoms with E-state index in [9.17, 15) is 32.9 Å². The van der Waals surface area contributed by atoms with Crippen LogP contribution >= 0.6 is 0 Å². The SMILES string of the molecule is CS(=O)(=O)NC(=O)CCCCCC[C@@H]1[C@@H](CCC(O)/C=C/c2cccc(F)c2)[C@H](O)C[C@@H]1O. The maximum absolute atomic E-state index is 13.2. The van der Waals surface area contributed by atoms with Crippen LogP contribution in [0.15, 0.2) is 30.3 Å². The summed E-state index contributed by atoms with van der Waals surface area (Å²) in [7, 11) is -3.52. The minimum Gasteiger partial charge on any atom is -0.393 e. The number of amides is 1. The summed E-state index contributed by atoms with van der Waals surface area (Å²) >= 11 is 0. The van der Waals surface area contributed by atoms with Crippen LogP contribution in [0.2, 0.25) is 0 Å². The van der Waals surface area contributed by atoms with Gasteiger partial charge in [0.05, 0.1) is 24.6 Å². The van der Waals surface area contributed by atoms with Crippen molar-refractivity contribution < 1.29 is 32.9 Å². The molecule has 1 amide bonds. The second-order valence-electron chi connectivity index (χ2n) is 9.01. The number of aliphatic hydroxyl groups excluding tert-OH is 3. The predicted octanol–water partition coefficient (Wildman–Crippen LogP) is 2.75. The number of sulfonamides is 1. The molecule has 0 radical (unpaired) electrons. The van der Waals surface area contributed by atoms with Crippen LogP contribution in [0, 0.1) is 17.7 Å². The van der Waals surface area contributed by atoms with E-state index in [0.717, 1.165) is 31.9 Å². The Balaban J connectivity index is 1.72. The fraction of sp³-hybridized carbons (Fsp3) is 0.625. The highest BCUT2D eigenvalue weighted by Gasteiger charge is 2.40. The van der Waals surface area contributed by atoms with Crippen LogP contribution in [0.3, 0.4) is 0 Å². The largest absolute Gasteiger partial charge is 0.393 e. The van der Waals surface area contributed by atoms with Gasteiger partial charge in [-0.05, 0) is 61.6 Å². The molecule has 33 heavy (non-hydrogen) atoms. The van der Waals surface area contributed by atoms with E-state index in [1.54, 1.807) is 24.3 Å². The molecule has 2 rings (SSSR count). The van der Waals surface area contributed by atoms with Crippen molar-refractivity contribution in [2.75, 3.05) is 6.26 Å². The molecule has 1 unspecified atom stereocenters. The lowest BCUT2D eigenvalue weighted by Gasteiger charge is -2.24. The van der Waals surface area contributed by atoms with Gasteiger partial charge in [-0.2, -0.15) is 0 Å². The van der Waals surface area contributed by atoms with Crippen LogP contribution in [0.1, 0.15) is 63.4 Å². The Hall–Kier alpha value is -1.81. The van der Waals surface area contributed by atoms with Crippen molar-refractivity contribution in [3.63, 3.8) is 0 Å². The number of hydrogen-bond donors (Lipinski definition) is 4. The predicted molar refractivity (Wildman–Crippen MR) is 125 cm³/mol. The third-order valence-electron chi connectivity index (χ3n) is 6.17. The molecule has 0 spiro atoms. The molecule has 0 saturated heterocycles. The maximum atomic E-state index is 13.2. The topological polar surface area (TPSA) is 124 Å². The number of halogens is 1. The monoisotopic (exact) mass is 485 g/mol. The summed E-state index contributed by atoms with van der Waals surface area (Å²) in [4.78, 5) is 11.5. The first-order valence-corrected chi connectivity index (χ1v) is 13.4. The summed E-state index contributed by atoms with van der Waals surface area (Å²) < 4.78 is 37.2. The third-order valence-corrected chi connectivity index (χ3v) is 6.77. The molecule has 0 bridgehead atoms. The minimum absolute atomic E-state index is 0.0482. The van der Waals surface area contributed by atoms with E-state index in [0.29, 0.717) is 31.2 Å². The smallest absolute Gasteiger partial charge is 0.233 e. The molecule has 1 fully saturated rings. The van der Waals surface area contributed by atoms with Crippen LogP contribution in [-0.2, 0) is 14.8 Å². The van der Waals surface area contributed by atoms with Crippen molar-refractivity contribution in [2.24, 2.45) is 11.8 Å². The highest BCUT2D eigenvalue weighted by Crippen LogP contribution is 2.39. The van der Waals surface area contributed by atoms with Gasteiger partial charge in [0, 0.05) is 6.42 Å². The van der Waals surface area contributed by atoms with Gasteiger partial charge in [0.25, 0.3) is 0 Å². The Morgan fingerprint density at radius 1 is 1.15 bits per heavy atom. The lowest BCUT2D eigenvalue weighted by atomic mass is 9.85. The minimum atomic E-state index is -3.52. The second-order valence-corrected chi connectivity index (χ2v) is 10.8. The van der Waals surface area contributed by atoms with E-state index < -0.39 is 34.2 Å². The third kappa shape index (κ3) is 10.3. The zero-order valence-corrected chi connectivity index (χ0v) is 19.9. The summed E-state index contributed by atoms with van der Waals surface area (Å²) in [5.41, 5.74) is 0.664. The van der Waals surface area contributed by atoms with Gasteiger partial charge >= 0.3 is 0 Å². The van der Waals surface area contributed by atoms with Crippen LogP contribution in [0.4, 0.5) is 4.39 Å². The van der Waals surface area contributed by atoms with E-state index in [4.69, 9.17) is 0 Å². The number of benzene rings is 1. The Bertz CT molecular complexity index is 891. The van der Waals surface area contributed by atoms with Crippen LogP contribution in [-0.4, -0.2) is 54.2 Å². The summed E-state index contributed by atoms with van der Waals surface area (Å²) in [6, 6.07) is 6.09. The Kier molecular flexibility index (Phi) is 11.0. The maximum Gasteiger partial charge on any atom is 0.233 e. The highest BCUT2D eigenvalue weighted by atomic mass is 32.2. The van der Waals surface area contributed by atoms with Gasteiger partial charge in [-0.15, -0.1) is 0 Å². The molecule has 4 N–H and O–H groups in total. The number of hydrogen-bond acceptors (Lipinski definition) is 6. The van der Waals surface area contributed by atoms with Crippen molar-refractivity contribution in [2.45, 2.75) is 76.1 Å². The zero-order valence-electron chi connectivity index (χ0n) is 19.1. The molecular formula is C24H36FNO6S. The summed E-state index contributed by atoms with van der Waals surface area (Å²) in [6.45, 7) is 0. The molecule has 0 heterocycles. The molecule has 1 aliphatic rings. The van der Waals surface area contributed by atoms with Crippen LogP contribution in [0.5, 0.6) is 0 Å². The van der Waals surface area contributed by atoms with Gasteiger partial charge in [-0.1, -0.05) is 43.5 Å². The van der Waals surface area contributed by atoms with E-state index in [1.165, 1.54) is 12.1 Å². The van der Waals surface area contributed by atoms with Gasteiger partial charge < -0.3 is 15.3 Å². The Labute approximate surface area is 195 Å². The average Bonchev–Trinajstić information content (AvgIpc) is 2.98. The second kappa shape index (κ2) is 13.2. The molecule has 9 heteroatoms. The molecule has 0 aliphatic heterocycles. The van der Waals surface area contributed by atoms with Crippen molar-refractivity contribution in [1.29, 1.82) is 0 Å². The number of unbranched alkanes of at least 4 members (excludes halogenated alkanes) is 3. The van der Waals surface area contributed by atoms with Crippen molar-refractivity contribution in [3.8, 4) is 0 Å². The van der Waals surface area contributed by atoms with Gasteiger partial charge in [0.1, 0.15) is 5.82 Å². The molecule has 0 aromatic heterocycles. The fourth-order valence-electron chi connectivity index (χ4n) is 4.55. The lowest BCUT2D eigenvalue weighted by molar-refractivity contribution is -0.119. The quantitative estimate of drug-likeness (QED) is 0.319. The van der Waals surface area contributed by atoms with Gasteiger partial charge in [0.15, 0.2) is 0 Å². The molecule has 7 nitrogen and oxygen atoms in total. The highest BCUT2D eigenvalue weighted by molar-refractivity contribution is 7.89. The summed E-state index contributed by atoms with van der Waals surface area (Å²) in [5, 5.41) is 31.0. The molecule has 1 aromatic carbocycles. The Morgan fingerprint density at radius 2 is 1.82 bits per heavy atom. The number of carbonyl (C=O) groups excluding carboxylic acids is 1. The van der Waals surface area contributed by atoms with E-state index in [1.807, 2.05) is 4.72 Å². The van der Waals surface area contributed by atoms with Gasteiger partial charge in [0.2, 0.25) is 15.9 Å². The summed E-state index contributed by atoms with van der Waals surface area (Å²) in [5.74, 6) is -0.989. The lowest BCUT2D eigenvalue weighted by Crippen LogP contribution is -2.28. The van der Waals surface area contributed by atoms with Crippen molar-refractivity contribution in [1.82, 2.24) is 4.72 Å². The van der Waals surface area contributed by atoms with E-state index >= 15 is 0 Å². The first kappa shape index (κ1) is 27.4. The molecule has 5 atom stereocenters. The van der Waals surface area contributed by atoms with Gasteiger partial charge in [-0.3, -0.25) is 9.52 Å². The fourth-order valence-corrected chi connectivity index (χ4v) is 5.07. The van der Waals surface area contributed by atoms with Crippen molar-refractivity contribution >= 4 is 22.0 Å². The van der Waals surface area contributed by atoms with Gasteiger partial charge in [-0.25, -0.2) is 12.8 Å². The normalized spacial score (nSPS) is 24.3. The molecule has 1 saturated carbocycles. The van der Waals surface area contributed by atoms with Crippen molar-refractivity contribution in [3.05, 3.63) is 41.7 Å². The number of nitrogens with one attached hydrogen (secondary N) is 1. The zero-order chi connectivity index (χ0) is 24.4. The number of rotatable bonds is 13. The first-order chi connectivity index (χ1) is 15.5. The number of aliphatic hydroxyl groups is 3. The summed E-state index contributed by atoms with van der Waals surface area (Å²) in [6.07, 6.45) is 7.59. The van der Waals surface area contributed by atoms with Crippen LogP contribution in [0.25, 0.3) is 6.08 Å².